The molecule has 0 bridgehead atoms. The Hall–Kier alpha value is -3.27. The van der Waals surface area contributed by atoms with Crippen molar-refractivity contribution in [3.63, 3.8) is 0 Å². The van der Waals surface area contributed by atoms with E-state index in [4.69, 9.17) is 10.8 Å². The van der Waals surface area contributed by atoms with Crippen LogP contribution in [0.15, 0.2) is 78.5 Å². The standard InChI is InChI=1S/C19H15N3O/c20-16-11-10-14(12-17(16)21)22-18-9-5-4-8-15(18)19(23)13-6-2-1-3-7-13/h1-12,20-22H. The molecule has 3 N–H and O–H groups in total. The lowest BCUT2D eigenvalue weighted by atomic mass is 10.0. The highest BCUT2D eigenvalue weighted by Crippen LogP contribution is 2.21. The van der Waals surface area contributed by atoms with Gasteiger partial charge in [0.25, 0.3) is 0 Å². The molecule has 0 amide bonds. The molecule has 0 fully saturated rings. The summed E-state index contributed by atoms with van der Waals surface area (Å²) in [4.78, 5) is 12.7. The minimum absolute atomic E-state index is 0.0584. The van der Waals surface area contributed by atoms with Gasteiger partial charge in [0, 0.05) is 22.5 Å². The van der Waals surface area contributed by atoms with Crippen LogP contribution in [0.1, 0.15) is 15.9 Å². The van der Waals surface area contributed by atoms with E-state index >= 15 is 0 Å². The summed E-state index contributed by atoms with van der Waals surface area (Å²) in [6.45, 7) is 0. The molecular formula is C19H15N3O. The van der Waals surface area contributed by atoms with Gasteiger partial charge in [-0.3, -0.25) is 15.6 Å². The van der Waals surface area contributed by atoms with Crippen molar-refractivity contribution in [1.29, 1.82) is 10.8 Å². The van der Waals surface area contributed by atoms with Crippen LogP contribution < -0.4 is 5.32 Å². The van der Waals surface area contributed by atoms with Crippen LogP contribution in [0.4, 0.5) is 5.69 Å². The third kappa shape index (κ3) is 3.16. The smallest absolute Gasteiger partial charge is 0.195 e. The van der Waals surface area contributed by atoms with Crippen molar-refractivity contribution in [2.75, 3.05) is 5.32 Å². The number of nitrogens with one attached hydrogen (secondary N) is 3. The van der Waals surface area contributed by atoms with Crippen LogP contribution in [-0.4, -0.2) is 17.2 Å². The maximum atomic E-state index is 12.7. The predicted octanol–water partition coefficient (Wildman–Crippen LogP) is 3.82. The molecule has 0 aromatic heterocycles. The molecule has 0 radical (unpaired) electrons. The van der Waals surface area contributed by atoms with E-state index in [9.17, 15) is 4.79 Å². The number of allylic oxidation sites excluding steroid dienone is 3. The summed E-state index contributed by atoms with van der Waals surface area (Å²) in [5.74, 6) is -0.0584. The van der Waals surface area contributed by atoms with Crippen LogP contribution in [0.3, 0.4) is 0 Å². The molecule has 23 heavy (non-hydrogen) atoms. The Balaban J connectivity index is 1.92. The Morgan fingerprint density at radius 1 is 0.826 bits per heavy atom. The van der Waals surface area contributed by atoms with Gasteiger partial charge in [0.2, 0.25) is 0 Å². The topological polar surface area (TPSA) is 76.8 Å². The predicted molar refractivity (Wildman–Crippen MR) is 92.6 cm³/mol. The van der Waals surface area contributed by atoms with Gasteiger partial charge in [0.15, 0.2) is 5.78 Å². The van der Waals surface area contributed by atoms with E-state index in [0.717, 1.165) is 0 Å². The summed E-state index contributed by atoms with van der Waals surface area (Å²) in [6.07, 6.45) is 4.86. The van der Waals surface area contributed by atoms with Crippen LogP contribution in [0.25, 0.3) is 0 Å². The number of carbonyl (C=O) groups is 1. The van der Waals surface area contributed by atoms with Crippen LogP contribution in [0, 0.1) is 10.8 Å². The average molecular weight is 301 g/mol. The molecule has 1 aliphatic rings. The Morgan fingerprint density at radius 2 is 1.52 bits per heavy atom. The minimum Gasteiger partial charge on any atom is -0.355 e. The van der Waals surface area contributed by atoms with E-state index in [1.54, 1.807) is 36.4 Å². The third-order valence-electron chi connectivity index (χ3n) is 3.51. The Morgan fingerprint density at radius 3 is 2.26 bits per heavy atom. The number of carbonyl (C=O) groups excluding carboxylic acids is 1. The molecule has 1 aliphatic carbocycles. The zero-order valence-electron chi connectivity index (χ0n) is 12.3. The number of para-hydroxylation sites is 1. The molecule has 0 aliphatic heterocycles. The fourth-order valence-electron chi connectivity index (χ4n) is 2.31. The normalized spacial score (nSPS) is 13.7. The van der Waals surface area contributed by atoms with Gasteiger partial charge in [-0.25, -0.2) is 0 Å². The highest BCUT2D eigenvalue weighted by Gasteiger charge is 2.14. The van der Waals surface area contributed by atoms with Gasteiger partial charge in [-0.1, -0.05) is 42.5 Å². The molecule has 4 nitrogen and oxygen atoms in total. The van der Waals surface area contributed by atoms with E-state index < -0.39 is 0 Å². The second kappa shape index (κ2) is 6.23. The fourth-order valence-corrected chi connectivity index (χ4v) is 2.31. The number of hydrogen-bond donors (Lipinski definition) is 3. The van der Waals surface area contributed by atoms with E-state index in [2.05, 4.69) is 5.32 Å². The highest BCUT2D eigenvalue weighted by molar-refractivity contribution is 6.49. The van der Waals surface area contributed by atoms with Crippen LogP contribution in [0.5, 0.6) is 0 Å². The Bertz CT molecular complexity index is 848. The summed E-state index contributed by atoms with van der Waals surface area (Å²) in [6, 6.07) is 16.4. The van der Waals surface area contributed by atoms with Gasteiger partial charge in [0.1, 0.15) is 0 Å². The van der Waals surface area contributed by atoms with Gasteiger partial charge in [0.05, 0.1) is 11.4 Å². The quantitative estimate of drug-likeness (QED) is 0.593. The second-order valence-corrected chi connectivity index (χ2v) is 5.13. The van der Waals surface area contributed by atoms with Crippen LogP contribution in [0.2, 0.25) is 0 Å². The fraction of sp³-hybridized carbons (Fsp3) is 0. The van der Waals surface area contributed by atoms with Crippen LogP contribution >= 0.6 is 0 Å². The van der Waals surface area contributed by atoms with E-state index in [-0.39, 0.29) is 17.2 Å². The molecule has 4 heteroatoms. The lowest BCUT2D eigenvalue weighted by Gasteiger charge is -2.14. The molecular weight excluding hydrogens is 286 g/mol. The van der Waals surface area contributed by atoms with Crippen LogP contribution in [-0.2, 0) is 0 Å². The SMILES string of the molecule is N=C1C=CC(Nc2ccccc2C(=O)c2ccccc2)=CC1=N. The molecule has 0 unspecified atom stereocenters. The van der Waals surface area contributed by atoms with Crippen molar-refractivity contribution in [3.8, 4) is 0 Å². The lowest BCUT2D eigenvalue weighted by molar-refractivity contribution is 0.103. The lowest BCUT2D eigenvalue weighted by Crippen LogP contribution is -2.14. The summed E-state index contributed by atoms with van der Waals surface area (Å²) in [5.41, 5.74) is 2.87. The first kappa shape index (κ1) is 14.7. The molecule has 2 aromatic carbocycles. The molecule has 0 spiro atoms. The maximum Gasteiger partial charge on any atom is 0.195 e. The van der Waals surface area contributed by atoms with Crippen molar-refractivity contribution in [3.05, 3.63) is 89.6 Å². The number of anilines is 1. The monoisotopic (exact) mass is 301 g/mol. The molecule has 2 aromatic rings. The van der Waals surface area contributed by atoms with Crippen molar-refractivity contribution < 1.29 is 4.79 Å². The molecule has 0 saturated carbocycles. The van der Waals surface area contributed by atoms with Crippen molar-refractivity contribution in [2.24, 2.45) is 0 Å². The third-order valence-corrected chi connectivity index (χ3v) is 3.51. The second-order valence-electron chi connectivity index (χ2n) is 5.13. The number of ketones is 1. The minimum atomic E-state index is -0.0584. The van der Waals surface area contributed by atoms with E-state index in [0.29, 0.717) is 22.5 Å². The van der Waals surface area contributed by atoms with E-state index in [1.165, 1.54) is 0 Å². The highest BCUT2D eigenvalue weighted by atomic mass is 16.1. The van der Waals surface area contributed by atoms with Gasteiger partial charge in [-0.05, 0) is 30.4 Å². The number of benzene rings is 2. The van der Waals surface area contributed by atoms with Crippen molar-refractivity contribution in [1.82, 2.24) is 0 Å². The zero-order valence-corrected chi connectivity index (χ0v) is 12.3. The van der Waals surface area contributed by atoms with E-state index in [1.807, 2.05) is 36.4 Å². The average Bonchev–Trinajstić information content (AvgIpc) is 2.59. The first-order valence-electron chi connectivity index (χ1n) is 7.18. The summed E-state index contributed by atoms with van der Waals surface area (Å²) in [7, 11) is 0. The Kier molecular flexibility index (Phi) is 3.97. The number of hydrogen-bond acceptors (Lipinski definition) is 4. The Labute approximate surface area is 134 Å². The zero-order chi connectivity index (χ0) is 16.2. The largest absolute Gasteiger partial charge is 0.355 e. The van der Waals surface area contributed by atoms with Gasteiger partial charge >= 0.3 is 0 Å². The first-order valence-corrected chi connectivity index (χ1v) is 7.18. The van der Waals surface area contributed by atoms with Crippen molar-refractivity contribution >= 4 is 22.9 Å². The van der Waals surface area contributed by atoms with Crippen molar-refractivity contribution in [2.45, 2.75) is 0 Å². The molecule has 0 atom stereocenters. The van der Waals surface area contributed by atoms with Gasteiger partial charge in [-0.15, -0.1) is 0 Å². The first-order chi connectivity index (χ1) is 11.1. The van der Waals surface area contributed by atoms with Gasteiger partial charge < -0.3 is 5.32 Å². The maximum absolute atomic E-state index is 12.7. The molecule has 0 heterocycles. The molecule has 3 rings (SSSR count). The summed E-state index contributed by atoms with van der Waals surface area (Å²) < 4.78 is 0. The summed E-state index contributed by atoms with van der Waals surface area (Å²) >= 11 is 0. The molecule has 112 valence electrons. The summed E-state index contributed by atoms with van der Waals surface area (Å²) in [5, 5.41) is 18.4. The number of rotatable bonds is 4. The van der Waals surface area contributed by atoms with Gasteiger partial charge in [-0.2, -0.15) is 0 Å². The molecule has 0 saturated heterocycles.